The molecule has 200 valence electrons. The Kier molecular flexibility index (Phi) is 13.5. The van der Waals surface area contributed by atoms with E-state index in [-0.39, 0.29) is 17.8 Å². The number of likely N-dealkylation sites (tertiary alicyclic amines) is 1. The van der Waals surface area contributed by atoms with Crippen molar-refractivity contribution in [2.75, 3.05) is 25.1 Å². The maximum atomic E-state index is 13.4. The van der Waals surface area contributed by atoms with Crippen molar-refractivity contribution in [2.45, 2.75) is 76.5 Å². The van der Waals surface area contributed by atoms with Crippen molar-refractivity contribution < 1.29 is 24.3 Å². The van der Waals surface area contributed by atoms with Gasteiger partial charge < -0.3 is 37.8 Å². The maximum Gasteiger partial charge on any atom is 0.326 e. The summed E-state index contributed by atoms with van der Waals surface area (Å²) in [6, 6.07) is -3.49. The normalized spacial score (nSPS) is 18.7. The molecule has 0 aliphatic carbocycles. The van der Waals surface area contributed by atoms with Crippen LogP contribution in [0, 0.1) is 5.92 Å². The molecule has 3 amide bonds. The molecule has 1 rings (SSSR count). The number of thioether (sulfide) groups is 1. The molecule has 0 aromatic heterocycles. The van der Waals surface area contributed by atoms with Gasteiger partial charge in [-0.25, -0.2) is 4.79 Å². The highest BCUT2D eigenvalue weighted by Gasteiger charge is 2.39. The second kappa shape index (κ2) is 15.5. The van der Waals surface area contributed by atoms with Gasteiger partial charge in [0.1, 0.15) is 18.1 Å². The summed E-state index contributed by atoms with van der Waals surface area (Å²) in [5, 5.41) is 14.8. The average molecular weight is 516 g/mol. The maximum absolute atomic E-state index is 13.4. The predicted molar refractivity (Wildman–Crippen MR) is 137 cm³/mol. The van der Waals surface area contributed by atoms with Crippen LogP contribution in [0.3, 0.4) is 0 Å². The number of hydrogen-bond donors (Lipinski definition) is 6. The number of nitrogens with zero attached hydrogens (tertiary/aromatic N) is 2. The minimum atomic E-state index is -1.11. The van der Waals surface area contributed by atoms with Gasteiger partial charge in [0.2, 0.25) is 17.7 Å². The van der Waals surface area contributed by atoms with Gasteiger partial charge in [-0.1, -0.05) is 20.3 Å². The van der Waals surface area contributed by atoms with Crippen LogP contribution in [0.4, 0.5) is 0 Å². The summed E-state index contributed by atoms with van der Waals surface area (Å²) >= 11 is 1.53. The van der Waals surface area contributed by atoms with Gasteiger partial charge in [0.05, 0.1) is 6.04 Å². The summed E-state index contributed by atoms with van der Waals surface area (Å²) < 4.78 is 0. The number of rotatable bonds is 15. The third-order valence-corrected chi connectivity index (χ3v) is 6.79. The number of carbonyl (C=O) groups is 4. The van der Waals surface area contributed by atoms with Crippen molar-refractivity contribution in [1.29, 1.82) is 0 Å². The minimum absolute atomic E-state index is 0.0335. The number of nitrogens with two attached hydrogens (primary N) is 3. The van der Waals surface area contributed by atoms with Crippen molar-refractivity contribution in [1.82, 2.24) is 15.5 Å². The highest BCUT2D eigenvalue weighted by molar-refractivity contribution is 7.98. The van der Waals surface area contributed by atoms with Crippen LogP contribution in [-0.2, 0) is 19.2 Å². The zero-order valence-electron chi connectivity index (χ0n) is 20.9. The van der Waals surface area contributed by atoms with Crippen LogP contribution >= 0.6 is 11.8 Å². The van der Waals surface area contributed by atoms with E-state index in [1.807, 2.05) is 13.2 Å². The number of amides is 3. The Morgan fingerprint density at radius 1 is 1.20 bits per heavy atom. The van der Waals surface area contributed by atoms with E-state index in [2.05, 4.69) is 15.6 Å². The Bertz CT molecular complexity index is 762. The highest BCUT2D eigenvalue weighted by atomic mass is 32.2. The zero-order valence-corrected chi connectivity index (χ0v) is 21.7. The highest BCUT2D eigenvalue weighted by Crippen LogP contribution is 2.21. The minimum Gasteiger partial charge on any atom is -0.480 e. The van der Waals surface area contributed by atoms with Gasteiger partial charge in [-0.15, -0.1) is 0 Å². The predicted octanol–water partition coefficient (Wildman–Crippen LogP) is -0.788. The molecule has 1 aliphatic rings. The molecule has 1 saturated heterocycles. The fourth-order valence-electron chi connectivity index (χ4n) is 3.86. The first-order valence-corrected chi connectivity index (χ1v) is 13.4. The van der Waals surface area contributed by atoms with Crippen molar-refractivity contribution in [3.63, 3.8) is 0 Å². The van der Waals surface area contributed by atoms with Crippen molar-refractivity contribution in [3.05, 3.63) is 0 Å². The third-order valence-electron chi connectivity index (χ3n) is 6.14. The van der Waals surface area contributed by atoms with Crippen LogP contribution in [-0.4, -0.2) is 88.9 Å². The molecule has 1 fully saturated rings. The number of guanidine groups is 1. The van der Waals surface area contributed by atoms with Crippen LogP contribution < -0.4 is 27.8 Å². The molecule has 12 nitrogen and oxygen atoms in total. The molecule has 9 N–H and O–H groups in total. The Morgan fingerprint density at radius 2 is 1.89 bits per heavy atom. The molecule has 13 heteroatoms. The largest absolute Gasteiger partial charge is 0.480 e. The van der Waals surface area contributed by atoms with E-state index in [4.69, 9.17) is 17.2 Å². The number of carbonyl (C=O) groups excluding carboxylic acids is 3. The van der Waals surface area contributed by atoms with Gasteiger partial charge in [-0.3, -0.25) is 19.4 Å². The SMILES string of the molecule is CCC(C)C(NC(=O)C1CCCN1C(=O)C(CCSC)NC(=O)C(N)CCCN=C(N)N)C(=O)O. The van der Waals surface area contributed by atoms with Crippen LogP contribution in [0.2, 0.25) is 0 Å². The summed E-state index contributed by atoms with van der Waals surface area (Å²) in [6.07, 6.45) is 4.74. The van der Waals surface area contributed by atoms with Gasteiger partial charge in [0.25, 0.3) is 0 Å². The van der Waals surface area contributed by atoms with E-state index < -0.39 is 42.0 Å². The molecule has 0 bridgehead atoms. The van der Waals surface area contributed by atoms with Crippen molar-refractivity contribution in [2.24, 2.45) is 28.1 Å². The van der Waals surface area contributed by atoms with Gasteiger partial charge in [-0.05, 0) is 50.0 Å². The smallest absolute Gasteiger partial charge is 0.326 e. The number of nitrogens with one attached hydrogen (secondary N) is 2. The summed E-state index contributed by atoms with van der Waals surface area (Å²) in [5.74, 6) is -2.10. The number of carboxylic acid groups (broad SMARTS) is 1. The second-order valence-corrected chi connectivity index (χ2v) is 9.78. The van der Waals surface area contributed by atoms with Gasteiger partial charge in [-0.2, -0.15) is 11.8 Å². The molecule has 5 atom stereocenters. The molecule has 0 radical (unpaired) electrons. The van der Waals surface area contributed by atoms with E-state index in [0.717, 1.165) is 0 Å². The zero-order chi connectivity index (χ0) is 26.5. The fraction of sp³-hybridized carbons (Fsp3) is 0.773. The van der Waals surface area contributed by atoms with Crippen LogP contribution in [0.15, 0.2) is 4.99 Å². The Labute approximate surface area is 211 Å². The summed E-state index contributed by atoms with van der Waals surface area (Å²) in [7, 11) is 0. The van der Waals surface area contributed by atoms with Crippen LogP contribution in [0.1, 0.15) is 52.4 Å². The lowest BCUT2D eigenvalue weighted by Crippen LogP contribution is -2.57. The first kappa shape index (κ1) is 30.5. The van der Waals surface area contributed by atoms with Gasteiger partial charge in [0.15, 0.2) is 5.96 Å². The molecule has 1 aliphatic heterocycles. The lowest BCUT2D eigenvalue weighted by Gasteiger charge is -2.30. The van der Waals surface area contributed by atoms with E-state index in [1.54, 1.807) is 6.92 Å². The van der Waals surface area contributed by atoms with E-state index in [0.29, 0.717) is 57.4 Å². The van der Waals surface area contributed by atoms with Gasteiger partial charge in [0, 0.05) is 13.1 Å². The lowest BCUT2D eigenvalue weighted by atomic mass is 9.98. The van der Waals surface area contributed by atoms with Gasteiger partial charge >= 0.3 is 5.97 Å². The summed E-state index contributed by atoms with van der Waals surface area (Å²) in [5.41, 5.74) is 16.6. The molecule has 0 aromatic carbocycles. The first-order valence-electron chi connectivity index (χ1n) is 12.0. The lowest BCUT2D eigenvalue weighted by molar-refractivity contribution is -0.146. The molecule has 0 aromatic rings. The number of aliphatic carboxylic acids is 1. The fourth-order valence-corrected chi connectivity index (χ4v) is 4.33. The van der Waals surface area contributed by atoms with E-state index in [9.17, 15) is 24.3 Å². The Hall–Kier alpha value is -2.54. The monoisotopic (exact) mass is 515 g/mol. The topological polar surface area (TPSA) is 206 Å². The molecule has 1 heterocycles. The Morgan fingerprint density at radius 3 is 2.46 bits per heavy atom. The standard InChI is InChI=1S/C22H41N7O5S/c1-4-13(2)17(21(33)34)28-19(31)16-8-6-11-29(16)20(32)15(9-12-35-3)27-18(30)14(23)7-5-10-26-22(24)25/h13-17H,4-12,23H2,1-3H3,(H,27,30)(H,28,31)(H,33,34)(H4,24,25,26). The number of aliphatic imine (C=N–C) groups is 1. The summed E-state index contributed by atoms with van der Waals surface area (Å²) in [6.45, 7) is 4.30. The van der Waals surface area contributed by atoms with E-state index >= 15 is 0 Å². The molecule has 0 spiro atoms. The van der Waals surface area contributed by atoms with Crippen molar-refractivity contribution >= 4 is 41.4 Å². The van der Waals surface area contributed by atoms with Crippen LogP contribution in [0.5, 0.6) is 0 Å². The average Bonchev–Trinajstić information content (AvgIpc) is 3.31. The molecule has 5 unspecified atom stereocenters. The third kappa shape index (κ3) is 9.92. The van der Waals surface area contributed by atoms with Crippen LogP contribution in [0.25, 0.3) is 0 Å². The van der Waals surface area contributed by atoms with E-state index in [1.165, 1.54) is 16.7 Å². The van der Waals surface area contributed by atoms with Crippen molar-refractivity contribution in [3.8, 4) is 0 Å². The Balaban J connectivity index is 2.87. The molecule has 0 saturated carbocycles. The number of hydrogen-bond acceptors (Lipinski definition) is 7. The molecular weight excluding hydrogens is 474 g/mol. The number of carboxylic acids is 1. The second-order valence-electron chi connectivity index (χ2n) is 8.80. The molecular formula is C22H41N7O5S. The molecule has 35 heavy (non-hydrogen) atoms. The first-order chi connectivity index (χ1) is 16.5. The summed E-state index contributed by atoms with van der Waals surface area (Å²) in [4.78, 5) is 55.9. The quantitative estimate of drug-likeness (QED) is 0.0916.